The standard InChI is InChI=1S/C12H10BrF3N4/c1-5-2-6(13)7(14)4-10(5)18-11-8(15)3-9(16)12(19-11)20-17/h2-4H,17H2,1H3,(H2,18,19,20). The number of anilines is 3. The molecule has 8 heteroatoms. The summed E-state index contributed by atoms with van der Waals surface area (Å²) in [5.74, 6) is 2.14. The summed E-state index contributed by atoms with van der Waals surface area (Å²) in [6.07, 6.45) is 0. The fourth-order valence-electron chi connectivity index (χ4n) is 1.56. The summed E-state index contributed by atoms with van der Waals surface area (Å²) in [7, 11) is 0. The van der Waals surface area contributed by atoms with Crippen LogP contribution in [0.5, 0.6) is 0 Å². The lowest BCUT2D eigenvalue weighted by Crippen LogP contribution is -2.12. The van der Waals surface area contributed by atoms with Crippen LogP contribution >= 0.6 is 15.9 Å². The lowest BCUT2D eigenvalue weighted by atomic mass is 10.2. The monoisotopic (exact) mass is 346 g/mol. The molecule has 0 unspecified atom stereocenters. The molecular weight excluding hydrogens is 337 g/mol. The molecule has 2 aromatic rings. The number of aryl methyl sites for hydroxylation is 1. The van der Waals surface area contributed by atoms with E-state index in [4.69, 9.17) is 5.84 Å². The molecule has 1 aromatic carbocycles. The SMILES string of the molecule is Cc1cc(Br)c(F)cc1Nc1nc(NN)c(F)cc1F. The van der Waals surface area contributed by atoms with Crippen LogP contribution in [0.3, 0.4) is 0 Å². The van der Waals surface area contributed by atoms with Gasteiger partial charge < -0.3 is 10.7 Å². The molecule has 0 aliphatic rings. The molecule has 1 heterocycles. The van der Waals surface area contributed by atoms with E-state index in [1.54, 1.807) is 6.92 Å². The Morgan fingerprint density at radius 1 is 1.05 bits per heavy atom. The van der Waals surface area contributed by atoms with Gasteiger partial charge in [0.2, 0.25) is 0 Å². The Balaban J connectivity index is 2.42. The predicted octanol–water partition coefficient (Wildman–Crippen LogP) is 3.60. The van der Waals surface area contributed by atoms with Gasteiger partial charge in [-0.25, -0.2) is 24.0 Å². The third kappa shape index (κ3) is 2.86. The van der Waals surface area contributed by atoms with Gasteiger partial charge in [0, 0.05) is 11.8 Å². The highest BCUT2D eigenvalue weighted by molar-refractivity contribution is 9.10. The number of halogens is 4. The van der Waals surface area contributed by atoms with Gasteiger partial charge in [-0.3, -0.25) is 0 Å². The molecule has 0 atom stereocenters. The van der Waals surface area contributed by atoms with E-state index >= 15 is 0 Å². The summed E-state index contributed by atoms with van der Waals surface area (Å²) in [6.45, 7) is 1.70. The second kappa shape index (κ2) is 5.68. The van der Waals surface area contributed by atoms with Crippen molar-refractivity contribution in [2.45, 2.75) is 6.92 Å². The van der Waals surface area contributed by atoms with Crippen LogP contribution in [0.15, 0.2) is 22.7 Å². The van der Waals surface area contributed by atoms with Crippen molar-refractivity contribution in [2.75, 3.05) is 10.7 Å². The highest BCUT2D eigenvalue weighted by Crippen LogP contribution is 2.28. The molecular formula is C12H10BrF3N4. The number of nitrogen functional groups attached to an aromatic ring is 1. The number of pyridine rings is 1. The van der Waals surface area contributed by atoms with Gasteiger partial charge in [-0.1, -0.05) is 0 Å². The van der Waals surface area contributed by atoms with E-state index < -0.39 is 17.5 Å². The average molecular weight is 347 g/mol. The van der Waals surface area contributed by atoms with Gasteiger partial charge in [-0.15, -0.1) is 0 Å². The van der Waals surface area contributed by atoms with Crippen LogP contribution in [0.25, 0.3) is 0 Å². The van der Waals surface area contributed by atoms with Crippen molar-refractivity contribution in [3.8, 4) is 0 Å². The Labute approximate surface area is 121 Å². The smallest absolute Gasteiger partial charge is 0.178 e. The first-order chi connectivity index (χ1) is 9.42. The lowest BCUT2D eigenvalue weighted by Gasteiger charge is -2.12. The van der Waals surface area contributed by atoms with Gasteiger partial charge in [-0.2, -0.15) is 0 Å². The highest BCUT2D eigenvalue weighted by atomic mass is 79.9. The molecule has 0 aliphatic heterocycles. The molecule has 20 heavy (non-hydrogen) atoms. The van der Waals surface area contributed by atoms with E-state index in [0.717, 1.165) is 0 Å². The third-order valence-corrected chi connectivity index (χ3v) is 3.19. The molecule has 0 bridgehead atoms. The van der Waals surface area contributed by atoms with Gasteiger partial charge >= 0.3 is 0 Å². The van der Waals surface area contributed by atoms with Crippen molar-refractivity contribution in [1.82, 2.24) is 4.98 Å². The molecule has 2 rings (SSSR count). The molecule has 1 aromatic heterocycles. The second-order valence-electron chi connectivity index (χ2n) is 4.00. The second-order valence-corrected chi connectivity index (χ2v) is 4.85. The van der Waals surface area contributed by atoms with E-state index in [2.05, 4.69) is 26.2 Å². The van der Waals surface area contributed by atoms with Gasteiger partial charge in [-0.05, 0) is 40.5 Å². The number of nitrogens with one attached hydrogen (secondary N) is 2. The zero-order valence-electron chi connectivity index (χ0n) is 10.3. The van der Waals surface area contributed by atoms with Crippen molar-refractivity contribution in [3.05, 3.63) is 45.7 Å². The molecule has 0 saturated carbocycles. The molecule has 0 spiro atoms. The Morgan fingerprint density at radius 3 is 2.35 bits per heavy atom. The van der Waals surface area contributed by atoms with Crippen LogP contribution in [0.4, 0.5) is 30.5 Å². The maximum Gasteiger partial charge on any atom is 0.178 e. The summed E-state index contributed by atoms with van der Waals surface area (Å²) < 4.78 is 40.6. The van der Waals surface area contributed by atoms with E-state index in [1.165, 1.54) is 12.1 Å². The molecule has 0 saturated heterocycles. The van der Waals surface area contributed by atoms with E-state index in [0.29, 0.717) is 17.3 Å². The molecule has 0 fully saturated rings. The van der Waals surface area contributed by atoms with Gasteiger partial charge in [0.15, 0.2) is 23.3 Å². The van der Waals surface area contributed by atoms with Crippen LogP contribution in [0.2, 0.25) is 0 Å². The van der Waals surface area contributed by atoms with Crippen LogP contribution in [-0.4, -0.2) is 4.98 Å². The topological polar surface area (TPSA) is 63.0 Å². The number of nitrogens with two attached hydrogens (primary N) is 1. The summed E-state index contributed by atoms with van der Waals surface area (Å²) >= 11 is 3.04. The molecule has 4 N–H and O–H groups in total. The van der Waals surface area contributed by atoms with Crippen molar-refractivity contribution >= 4 is 33.3 Å². The minimum Gasteiger partial charge on any atom is -0.337 e. The predicted molar refractivity (Wildman–Crippen MR) is 74.1 cm³/mol. The quantitative estimate of drug-likeness (QED) is 0.587. The highest BCUT2D eigenvalue weighted by Gasteiger charge is 2.13. The number of hydrogen-bond donors (Lipinski definition) is 3. The summed E-state index contributed by atoms with van der Waals surface area (Å²) in [5, 5.41) is 2.60. The van der Waals surface area contributed by atoms with Gasteiger partial charge in [0.1, 0.15) is 5.82 Å². The fraction of sp³-hybridized carbons (Fsp3) is 0.0833. The van der Waals surface area contributed by atoms with Crippen molar-refractivity contribution in [1.29, 1.82) is 0 Å². The first-order valence-corrected chi connectivity index (χ1v) is 6.27. The first kappa shape index (κ1) is 14.6. The maximum atomic E-state index is 13.6. The molecule has 4 nitrogen and oxygen atoms in total. The van der Waals surface area contributed by atoms with E-state index in [1.807, 2.05) is 5.43 Å². The minimum absolute atomic E-state index is 0.260. The zero-order chi connectivity index (χ0) is 14.9. The summed E-state index contributed by atoms with van der Waals surface area (Å²) in [6, 6.07) is 3.34. The largest absolute Gasteiger partial charge is 0.337 e. The van der Waals surface area contributed by atoms with Crippen molar-refractivity contribution in [3.63, 3.8) is 0 Å². The normalized spacial score (nSPS) is 10.5. The van der Waals surface area contributed by atoms with Crippen LogP contribution in [0.1, 0.15) is 5.56 Å². The Morgan fingerprint density at radius 2 is 1.70 bits per heavy atom. The molecule has 0 aliphatic carbocycles. The maximum absolute atomic E-state index is 13.6. The van der Waals surface area contributed by atoms with Crippen LogP contribution < -0.4 is 16.6 Å². The van der Waals surface area contributed by atoms with Crippen molar-refractivity contribution < 1.29 is 13.2 Å². The van der Waals surface area contributed by atoms with Gasteiger partial charge in [0.25, 0.3) is 0 Å². The van der Waals surface area contributed by atoms with E-state index in [-0.39, 0.29) is 16.1 Å². The minimum atomic E-state index is -0.922. The summed E-state index contributed by atoms with van der Waals surface area (Å²) in [5.41, 5.74) is 2.98. The molecule has 0 amide bonds. The van der Waals surface area contributed by atoms with Crippen LogP contribution in [-0.2, 0) is 0 Å². The number of hydrogen-bond acceptors (Lipinski definition) is 4. The number of benzene rings is 1. The third-order valence-electron chi connectivity index (χ3n) is 2.59. The zero-order valence-corrected chi connectivity index (χ0v) is 11.9. The van der Waals surface area contributed by atoms with Crippen LogP contribution in [0, 0.1) is 24.4 Å². The molecule has 0 radical (unpaired) electrons. The van der Waals surface area contributed by atoms with Crippen molar-refractivity contribution in [2.24, 2.45) is 5.84 Å². The molecule has 106 valence electrons. The number of nitrogens with zero attached hydrogens (tertiary/aromatic N) is 1. The lowest BCUT2D eigenvalue weighted by molar-refractivity contribution is 0.579. The summed E-state index contributed by atoms with van der Waals surface area (Å²) in [4.78, 5) is 3.65. The van der Waals surface area contributed by atoms with Gasteiger partial charge in [0.05, 0.1) is 4.47 Å². The fourth-order valence-corrected chi connectivity index (χ4v) is 2.02. The first-order valence-electron chi connectivity index (χ1n) is 5.47. The number of rotatable bonds is 3. The number of aromatic nitrogens is 1. The Hall–Kier alpha value is -1.80. The Bertz CT molecular complexity index is 664. The number of hydrazine groups is 1. The Kier molecular flexibility index (Phi) is 4.15. The van der Waals surface area contributed by atoms with E-state index in [9.17, 15) is 13.2 Å². The average Bonchev–Trinajstić information content (AvgIpc) is 2.38.